The van der Waals surface area contributed by atoms with Crippen molar-refractivity contribution in [3.05, 3.63) is 71.4 Å². The van der Waals surface area contributed by atoms with Crippen LogP contribution in [0, 0.1) is 0 Å². The molecule has 0 fully saturated rings. The van der Waals surface area contributed by atoms with Crippen molar-refractivity contribution >= 4 is 27.5 Å². The highest BCUT2D eigenvalue weighted by Crippen LogP contribution is 2.21. The van der Waals surface area contributed by atoms with Crippen molar-refractivity contribution in [2.75, 3.05) is 11.9 Å². The van der Waals surface area contributed by atoms with Crippen LogP contribution in [0.4, 0.5) is 5.69 Å². The van der Waals surface area contributed by atoms with Gasteiger partial charge in [-0.15, -0.1) is 0 Å². The predicted molar refractivity (Wildman–Crippen MR) is 84.1 cm³/mol. The minimum atomic E-state index is -0.0603. The molecule has 0 saturated carbocycles. The van der Waals surface area contributed by atoms with E-state index >= 15 is 0 Å². The van der Waals surface area contributed by atoms with E-state index in [4.69, 9.17) is 4.74 Å². The molecule has 3 nitrogen and oxygen atoms in total. The van der Waals surface area contributed by atoms with Crippen molar-refractivity contribution in [1.29, 1.82) is 0 Å². The van der Waals surface area contributed by atoms with Gasteiger partial charge in [-0.1, -0.05) is 22.5 Å². The molecule has 4 heteroatoms. The zero-order valence-corrected chi connectivity index (χ0v) is 12.6. The second kappa shape index (κ2) is 6.39. The maximum atomic E-state index is 12.3. The highest BCUT2D eigenvalue weighted by atomic mass is 79.9. The molecule has 0 unspecified atom stereocenters. The van der Waals surface area contributed by atoms with Crippen molar-refractivity contribution in [1.82, 2.24) is 0 Å². The van der Waals surface area contributed by atoms with E-state index in [0.29, 0.717) is 11.3 Å². The lowest BCUT2D eigenvalue weighted by atomic mass is 10.2. The quantitative estimate of drug-likeness (QED) is 0.784. The fourth-order valence-electron chi connectivity index (χ4n) is 1.75. The lowest BCUT2D eigenvalue weighted by Gasteiger charge is -2.17. The normalized spacial score (nSPS) is 9.90. The van der Waals surface area contributed by atoms with E-state index in [0.717, 1.165) is 10.2 Å². The summed E-state index contributed by atoms with van der Waals surface area (Å²) in [5.74, 6) is 0.628. The van der Waals surface area contributed by atoms with Crippen molar-refractivity contribution in [3.8, 4) is 5.75 Å². The van der Waals surface area contributed by atoms with E-state index in [2.05, 4.69) is 22.5 Å². The number of carbonyl (C=O) groups is 1. The van der Waals surface area contributed by atoms with Crippen LogP contribution < -0.4 is 9.64 Å². The standard InChI is InChI=1S/C16H14BrNO2/c1-3-20-15-10-8-14(9-11-15)18(2)16(19)12-4-6-13(17)7-5-12/h3-11H,1H2,2H3. The van der Waals surface area contributed by atoms with E-state index in [-0.39, 0.29) is 5.91 Å². The minimum Gasteiger partial charge on any atom is -0.466 e. The average molecular weight is 332 g/mol. The zero-order chi connectivity index (χ0) is 14.5. The van der Waals surface area contributed by atoms with Crippen molar-refractivity contribution < 1.29 is 9.53 Å². The Hall–Kier alpha value is -2.07. The second-order valence-corrected chi connectivity index (χ2v) is 5.07. The molecule has 2 rings (SSSR count). The Morgan fingerprint density at radius 3 is 2.30 bits per heavy atom. The highest BCUT2D eigenvalue weighted by molar-refractivity contribution is 9.10. The monoisotopic (exact) mass is 331 g/mol. The smallest absolute Gasteiger partial charge is 0.258 e. The summed E-state index contributed by atoms with van der Waals surface area (Å²) in [4.78, 5) is 13.9. The molecule has 0 atom stereocenters. The van der Waals surface area contributed by atoms with Gasteiger partial charge in [-0.05, 0) is 48.5 Å². The summed E-state index contributed by atoms with van der Waals surface area (Å²) in [5.41, 5.74) is 1.44. The minimum absolute atomic E-state index is 0.0603. The lowest BCUT2D eigenvalue weighted by Crippen LogP contribution is -2.26. The van der Waals surface area contributed by atoms with Gasteiger partial charge in [-0.2, -0.15) is 0 Å². The van der Waals surface area contributed by atoms with Crippen LogP contribution in [0.1, 0.15) is 10.4 Å². The van der Waals surface area contributed by atoms with Crippen LogP contribution in [0.2, 0.25) is 0 Å². The number of amides is 1. The van der Waals surface area contributed by atoms with Crippen LogP contribution in [-0.4, -0.2) is 13.0 Å². The van der Waals surface area contributed by atoms with Crippen LogP contribution >= 0.6 is 15.9 Å². The van der Waals surface area contributed by atoms with Gasteiger partial charge in [0.1, 0.15) is 5.75 Å². The molecule has 0 aliphatic carbocycles. The molecule has 0 heterocycles. The first kappa shape index (κ1) is 14.3. The average Bonchev–Trinajstić information content (AvgIpc) is 2.48. The zero-order valence-electron chi connectivity index (χ0n) is 11.0. The third-order valence-electron chi connectivity index (χ3n) is 2.84. The van der Waals surface area contributed by atoms with Crippen LogP contribution in [0.3, 0.4) is 0 Å². The first-order chi connectivity index (χ1) is 9.61. The maximum absolute atomic E-state index is 12.3. The number of nitrogens with zero attached hydrogens (tertiary/aromatic N) is 1. The van der Waals surface area contributed by atoms with Gasteiger partial charge in [0.25, 0.3) is 5.91 Å². The number of hydrogen-bond acceptors (Lipinski definition) is 2. The molecule has 102 valence electrons. The third-order valence-corrected chi connectivity index (χ3v) is 3.37. The molecule has 0 aliphatic rings. The molecule has 20 heavy (non-hydrogen) atoms. The van der Waals surface area contributed by atoms with Gasteiger partial charge in [0, 0.05) is 22.8 Å². The molecule has 0 saturated heterocycles. The Morgan fingerprint density at radius 2 is 1.75 bits per heavy atom. The Kier molecular flexibility index (Phi) is 4.58. The maximum Gasteiger partial charge on any atom is 0.258 e. The Morgan fingerprint density at radius 1 is 1.15 bits per heavy atom. The van der Waals surface area contributed by atoms with E-state index in [1.165, 1.54) is 6.26 Å². The second-order valence-electron chi connectivity index (χ2n) is 4.15. The largest absolute Gasteiger partial charge is 0.466 e. The van der Waals surface area contributed by atoms with Crippen LogP contribution in [-0.2, 0) is 0 Å². The number of rotatable bonds is 4. The summed E-state index contributed by atoms with van der Waals surface area (Å²) in [7, 11) is 1.74. The molecule has 0 radical (unpaired) electrons. The molecule has 0 N–H and O–H groups in total. The van der Waals surface area contributed by atoms with Gasteiger partial charge in [-0.3, -0.25) is 4.79 Å². The van der Waals surface area contributed by atoms with Gasteiger partial charge < -0.3 is 9.64 Å². The van der Waals surface area contributed by atoms with Gasteiger partial charge in [0.15, 0.2) is 0 Å². The Bertz CT molecular complexity index is 605. The summed E-state index contributed by atoms with van der Waals surface area (Å²) >= 11 is 3.35. The summed E-state index contributed by atoms with van der Waals surface area (Å²) in [6.45, 7) is 3.50. The fraction of sp³-hybridized carbons (Fsp3) is 0.0625. The van der Waals surface area contributed by atoms with Crippen molar-refractivity contribution in [2.45, 2.75) is 0 Å². The van der Waals surface area contributed by atoms with Crippen LogP contribution in [0.15, 0.2) is 65.8 Å². The molecule has 2 aromatic carbocycles. The summed E-state index contributed by atoms with van der Waals surface area (Å²) < 4.78 is 6.10. The number of anilines is 1. The van der Waals surface area contributed by atoms with E-state index < -0.39 is 0 Å². The third kappa shape index (κ3) is 3.27. The fourth-order valence-corrected chi connectivity index (χ4v) is 2.01. The molecular formula is C16H14BrNO2. The molecule has 1 amide bonds. The molecular weight excluding hydrogens is 318 g/mol. The number of carbonyl (C=O) groups excluding carboxylic acids is 1. The van der Waals surface area contributed by atoms with E-state index in [1.807, 2.05) is 24.3 Å². The lowest BCUT2D eigenvalue weighted by molar-refractivity contribution is 0.0993. The number of halogens is 1. The van der Waals surface area contributed by atoms with Crippen LogP contribution in [0.25, 0.3) is 0 Å². The van der Waals surface area contributed by atoms with Crippen molar-refractivity contribution in [3.63, 3.8) is 0 Å². The van der Waals surface area contributed by atoms with Gasteiger partial charge in [0.2, 0.25) is 0 Å². The number of benzene rings is 2. The summed E-state index contributed by atoms with van der Waals surface area (Å²) in [6, 6.07) is 14.5. The molecule has 0 spiro atoms. The van der Waals surface area contributed by atoms with E-state index in [1.54, 1.807) is 36.2 Å². The van der Waals surface area contributed by atoms with E-state index in [9.17, 15) is 4.79 Å². The van der Waals surface area contributed by atoms with Gasteiger partial charge in [-0.25, -0.2) is 0 Å². The first-order valence-corrected chi connectivity index (χ1v) is 6.82. The molecule has 0 bridgehead atoms. The highest BCUT2D eigenvalue weighted by Gasteiger charge is 2.13. The Labute approximate surface area is 126 Å². The molecule has 0 aliphatic heterocycles. The SMILES string of the molecule is C=COc1ccc(N(C)C(=O)c2ccc(Br)cc2)cc1. The van der Waals surface area contributed by atoms with Crippen molar-refractivity contribution in [2.24, 2.45) is 0 Å². The summed E-state index contributed by atoms with van der Waals surface area (Å²) in [5, 5.41) is 0. The molecule has 0 aromatic heterocycles. The Balaban J connectivity index is 2.17. The first-order valence-electron chi connectivity index (χ1n) is 6.03. The topological polar surface area (TPSA) is 29.5 Å². The van der Waals surface area contributed by atoms with Gasteiger partial charge in [0.05, 0.1) is 6.26 Å². The van der Waals surface area contributed by atoms with Crippen LogP contribution in [0.5, 0.6) is 5.75 Å². The van der Waals surface area contributed by atoms with Gasteiger partial charge >= 0.3 is 0 Å². The molecule has 2 aromatic rings. The predicted octanol–water partition coefficient (Wildman–Crippen LogP) is 4.25. The number of ether oxygens (including phenoxy) is 1. The summed E-state index contributed by atoms with van der Waals surface area (Å²) in [6.07, 6.45) is 1.37. The number of hydrogen-bond donors (Lipinski definition) is 0.